The van der Waals surface area contributed by atoms with Crippen molar-refractivity contribution in [1.29, 1.82) is 0 Å². The van der Waals surface area contributed by atoms with Gasteiger partial charge in [0.25, 0.3) is 5.91 Å². The highest BCUT2D eigenvalue weighted by atomic mass is 16.5. The minimum absolute atomic E-state index is 0.0990. The second kappa shape index (κ2) is 14.8. The zero-order chi connectivity index (χ0) is 32.5. The molecule has 1 aromatic heterocycles. The van der Waals surface area contributed by atoms with Gasteiger partial charge in [0.1, 0.15) is 23.7 Å². The topological polar surface area (TPSA) is 132 Å². The Balaban J connectivity index is 1.46. The highest BCUT2D eigenvalue weighted by molar-refractivity contribution is 6.02. The zero-order valence-corrected chi connectivity index (χ0v) is 25.8. The van der Waals surface area contributed by atoms with Crippen LogP contribution >= 0.6 is 0 Å². The van der Waals surface area contributed by atoms with E-state index >= 15 is 0 Å². The molecule has 0 atom stereocenters. The number of methoxy groups -OCH3 is 1. The normalized spacial score (nSPS) is 13.0. The van der Waals surface area contributed by atoms with Gasteiger partial charge in [-0.2, -0.15) is 0 Å². The Labute approximate surface area is 267 Å². The summed E-state index contributed by atoms with van der Waals surface area (Å²) in [4.78, 5) is 53.1. The van der Waals surface area contributed by atoms with E-state index in [1.807, 2.05) is 48.3 Å². The maximum Gasteiger partial charge on any atom is 0.328 e. The van der Waals surface area contributed by atoms with Crippen molar-refractivity contribution < 1.29 is 19.1 Å². The molecule has 0 saturated carbocycles. The summed E-state index contributed by atoms with van der Waals surface area (Å²) in [6, 6.07) is 22.8. The largest absolute Gasteiger partial charge is 0.495 e. The Morgan fingerprint density at radius 1 is 0.935 bits per heavy atom. The van der Waals surface area contributed by atoms with Gasteiger partial charge < -0.3 is 30.5 Å². The number of hydrogen-bond acceptors (Lipinski definition) is 8. The summed E-state index contributed by atoms with van der Waals surface area (Å²) in [6.45, 7) is 6.62. The molecule has 0 radical (unpaired) electrons. The third-order valence-electron chi connectivity index (χ3n) is 7.42. The zero-order valence-electron chi connectivity index (χ0n) is 25.8. The standard InChI is InChI=1S/C34H36N8O4/c1-4-32(43)39-27-12-8-11-26(20-27)38-30-21-31(37-23-36-30)42(34(45)35-22-24-9-6-5-7-10-24)28-14-13-25(19-29(28)46-3)33(44)41-17-15-40(2)16-18-41/h4-14,19-21,23H,1,15-18,22H2,2-3H3,(H,35,45)(H,39,43)(H,36,37,38). The van der Waals surface area contributed by atoms with Gasteiger partial charge in [-0.25, -0.2) is 19.7 Å². The Kier molecular flexibility index (Phi) is 10.2. The average Bonchev–Trinajstić information content (AvgIpc) is 3.08. The second-order valence-corrected chi connectivity index (χ2v) is 10.6. The molecular weight excluding hydrogens is 584 g/mol. The van der Waals surface area contributed by atoms with E-state index < -0.39 is 6.03 Å². The molecule has 4 amide bonds. The second-order valence-electron chi connectivity index (χ2n) is 10.6. The molecule has 236 valence electrons. The number of nitrogens with one attached hydrogen (secondary N) is 3. The van der Waals surface area contributed by atoms with Gasteiger partial charge >= 0.3 is 6.03 Å². The number of piperazine rings is 1. The van der Waals surface area contributed by atoms with Gasteiger partial charge in [-0.15, -0.1) is 0 Å². The highest BCUT2D eigenvalue weighted by Gasteiger charge is 2.26. The van der Waals surface area contributed by atoms with Crippen LogP contribution < -0.4 is 25.6 Å². The number of hydrogen-bond donors (Lipinski definition) is 3. The number of rotatable bonds is 10. The molecule has 1 aliphatic rings. The van der Waals surface area contributed by atoms with E-state index in [1.165, 1.54) is 24.4 Å². The lowest BCUT2D eigenvalue weighted by molar-refractivity contribution is -0.111. The molecule has 0 aliphatic carbocycles. The van der Waals surface area contributed by atoms with E-state index in [2.05, 4.69) is 37.4 Å². The van der Waals surface area contributed by atoms with Gasteiger partial charge in [0.05, 0.1) is 12.8 Å². The lowest BCUT2D eigenvalue weighted by Gasteiger charge is -2.32. The first-order valence-corrected chi connectivity index (χ1v) is 14.7. The molecule has 1 saturated heterocycles. The molecule has 3 aromatic carbocycles. The van der Waals surface area contributed by atoms with Crippen molar-refractivity contribution in [2.45, 2.75) is 6.54 Å². The van der Waals surface area contributed by atoms with E-state index in [-0.39, 0.29) is 24.2 Å². The molecule has 0 unspecified atom stereocenters. The number of carbonyl (C=O) groups is 3. The Morgan fingerprint density at radius 3 is 2.43 bits per heavy atom. The van der Waals surface area contributed by atoms with Gasteiger partial charge in [0.15, 0.2) is 0 Å². The predicted molar refractivity (Wildman–Crippen MR) is 178 cm³/mol. The van der Waals surface area contributed by atoms with Gasteiger partial charge in [-0.1, -0.05) is 43.0 Å². The van der Waals surface area contributed by atoms with Crippen molar-refractivity contribution in [3.8, 4) is 5.75 Å². The molecule has 12 heteroatoms. The Bertz CT molecular complexity index is 1710. The lowest BCUT2D eigenvalue weighted by Crippen LogP contribution is -2.47. The molecule has 3 N–H and O–H groups in total. The molecule has 1 fully saturated rings. The van der Waals surface area contributed by atoms with Crippen LogP contribution in [0.5, 0.6) is 5.75 Å². The summed E-state index contributed by atoms with van der Waals surface area (Å²) in [6.07, 6.45) is 2.54. The number of urea groups is 1. The summed E-state index contributed by atoms with van der Waals surface area (Å²) in [7, 11) is 3.53. The fourth-order valence-electron chi connectivity index (χ4n) is 4.93. The number of ether oxygens (including phenoxy) is 1. The van der Waals surface area contributed by atoms with E-state index in [4.69, 9.17) is 4.74 Å². The van der Waals surface area contributed by atoms with Crippen molar-refractivity contribution in [3.63, 3.8) is 0 Å². The fraction of sp³-hybridized carbons (Fsp3) is 0.206. The number of amides is 4. The molecule has 46 heavy (non-hydrogen) atoms. The molecule has 0 spiro atoms. The van der Waals surface area contributed by atoms with Crippen molar-refractivity contribution in [1.82, 2.24) is 25.1 Å². The maximum atomic E-state index is 13.9. The first-order chi connectivity index (χ1) is 22.3. The predicted octanol–water partition coefficient (Wildman–Crippen LogP) is 4.79. The van der Waals surface area contributed by atoms with E-state index in [0.717, 1.165) is 18.7 Å². The van der Waals surface area contributed by atoms with Crippen LogP contribution in [-0.2, 0) is 11.3 Å². The lowest BCUT2D eigenvalue weighted by atomic mass is 10.1. The molecule has 0 bridgehead atoms. The molecule has 1 aliphatic heterocycles. The molecule has 4 aromatic rings. The number of nitrogens with zero attached hydrogens (tertiary/aromatic N) is 5. The Hall–Kier alpha value is -5.75. The smallest absolute Gasteiger partial charge is 0.328 e. The SMILES string of the molecule is C=CC(=O)Nc1cccc(Nc2cc(N(C(=O)NCc3ccccc3)c3ccc(C(=O)N4CCN(C)CC4)cc3OC)ncn2)c1. The number of carbonyl (C=O) groups excluding carboxylic acids is 3. The van der Waals surface area contributed by atoms with Gasteiger partial charge in [0, 0.05) is 55.7 Å². The summed E-state index contributed by atoms with van der Waals surface area (Å²) in [5.41, 5.74) is 2.99. The molecular formula is C34H36N8O4. The number of anilines is 5. The van der Waals surface area contributed by atoms with E-state index in [0.29, 0.717) is 47.3 Å². The third-order valence-corrected chi connectivity index (χ3v) is 7.42. The number of aromatic nitrogens is 2. The van der Waals surface area contributed by atoms with Gasteiger partial charge in [0.2, 0.25) is 5.91 Å². The van der Waals surface area contributed by atoms with Crippen molar-refractivity contribution in [3.05, 3.63) is 109 Å². The molecule has 5 rings (SSSR count). The minimum atomic E-state index is -0.459. The monoisotopic (exact) mass is 620 g/mol. The van der Waals surface area contributed by atoms with Crippen LogP contribution in [0, 0.1) is 0 Å². The third kappa shape index (κ3) is 7.85. The summed E-state index contributed by atoms with van der Waals surface area (Å²) >= 11 is 0. The first-order valence-electron chi connectivity index (χ1n) is 14.7. The summed E-state index contributed by atoms with van der Waals surface area (Å²) < 4.78 is 5.73. The van der Waals surface area contributed by atoms with Gasteiger partial charge in [-0.3, -0.25) is 9.59 Å². The van der Waals surface area contributed by atoms with E-state index in [1.54, 1.807) is 42.5 Å². The fourth-order valence-corrected chi connectivity index (χ4v) is 4.93. The summed E-state index contributed by atoms with van der Waals surface area (Å²) in [5, 5.41) is 8.89. The van der Waals surface area contributed by atoms with Crippen molar-refractivity contribution in [2.24, 2.45) is 0 Å². The molecule has 2 heterocycles. The Morgan fingerprint density at radius 2 is 1.70 bits per heavy atom. The minimum Gasteiger partial charge on any atom is -0.495 e. The van der Waals surface area contributed by atoms with Crippen LogP contribution in [0.3, 0.4) is 0 Å². The number of likely N-dealkylation sites (N-methyl/N-ethyl adjacent to an activating group) is 1. The van der Waals surface area contributed by atoms with Crippen molar-refractivity contribution >= 4 is 46.5 Å². The van der Waals surface area contributed by atoms with Crippen LogP contribution in [0.25, 0.3) is 0 Å². The first kappa shape index (κ1) is 31.7. The van der Waals surface area contributed by atoms with Crippen LogP contribution in [0.1, 0.15) is 15.9 Å². The van der Waals surface area contributed by atoms with Crippen LogP contribution in [0.2, 0.25) is 0 Å². The molecule has 12 nitrogen and oxygen atoms in total. The van der Waals surface area contributed by atoms with E-state index in [9.17, 15) is 14.4 Å². The summed E-state index contributed by atoms with van der Waals surface area (Å²) in [5.74, 6) is 0.560. The van der Waals surface area contributed by atoms with Crippen molar-refractivity contribution in [2.75, 3.05) is 55.9 Å². The van der Waals surface area contributed by atoms with Crippen LogP contribution in [0.15, 0.2) is 97.8 Å². The van der Waals surface area contributed by atoms with Crippen LogP contribution in [0.4, 0.5) is 33.5 Å². The quantitative estimate of drug-likeness (QED) is 0.216. The average molecular weight is 621 g/mol. The highest BCUT2D eigenvalue weighted by Crippen LogP contribution is 2.35. The number of benzene rings is 3. The maximum absolute atomic E-state index is 13.9. The van der Waals surface area contributed by atoms with Gasteiger partial charge in [-0.05, 0) is 55.1 Å². The van der Waals surface area contributed by atoms with Crippen LogP contribution in [-0.4, -0.2) is 77.9 Å².